The van der Waals surface area contributed by atoms with Crippen LogP contribution in [0.5, 0.6) is 0 Å². The minimum absolute atomic E-state index is 0.0527. The molecule has 2 heterocycles. The number of rotatable bonds is 5. The Morgan fingerprint density at radius 3 is 1.86 bits per heavy atom. The zero-order valence-corrected chi connectivity index (χ0v) is 23.7. The first-order valence-electron chi connectivity index (χ1n) is 13.0. The van der Waals surface area contributed by atoms with Gasteiger partial charge < -0.3 is 10.2 Å². The fraction of sp³-hybridized carbons (Fsp3) is 0.552. The van der Waals surface area contributed by atoms with Crippen molar-refractivity contribution in [2.24, 2.45) is 5.41 Å². The average Bonchev–Trinajstić information content (AvgIpc) is 2.80. The van der Waals surface area contributed by atoms with Crippen LogP contribution in [0.2, 0.25) is 10.0 Å². The van der Waals surface area contributed by atoms with Crippen molar-refractivity contribution in [3.8, 4) is 0 Å². The van der Waals surface area contributed by atoms with Crippen molar-refractivity contribution < 1.29 is 4.79 Å². The first kappa shape index (κ1) is 27.4. The van der Waals surface area contributed by atoms with Gasteiger partial charge in [-0.05, 0) is 54.7 Å². The summed E-state index contributed by atoms with van der Waals surface area (Å²) in [4.78, 5) is 20.6. The Bertz CT molecular complexity index is 966. The minimum Gasteiger partial charge on any atom is -0.336 e. The van der Waals surface area contributed by atoms with E-state index in [1.165, 1.54) is 11.1 Å². The lowest BCUT2D eigenvalue weighted by atomic mass is 9.83. The average molecular weight is 532 g/mol. The highest BCUT2D eigenvalue weighted by atomic mass is 35.5. The zero-order valence-electron chi connectivity index (χ0n) is 22.2. The maximum Gasteiger partial charge on any atom is 0.237 e. The molecule has 2 aromatic rings. The minimum atomic E-state index is -0.0527. The summed E-state index contributed by atoms with van der Waals surface area (Å²) >= 11 is 12.4. The molecule has 0 radical (unpaired) electrons. The first-order chi connectivity index (χ1) is 17.0. The lowest BCUT2D eigenvalue weighted by molar-refractivity contribution is -0.141. The summed E-state index contributed by atoms with van der Waals surface area (Å²) < 4.78 is 0. The van der Waals surface area contributed by atoms with Gasteiger partial charge in [0.25, 0.3) is 0 Å². The summed E-state index contributed by atoms with van der Waals surface area (Å²) in [6, 6.07) is 17.2. The molecule has 36 heavy (non-hydrogen) atoms. The molecule has 2 aromatic carbocycles. The van der Waals surface area contributed by atoms with Crippen molar-refractivity contribution >= 4 is 29.1 Å². The van der Waals surface area contributed by atoms with Gasteiger partial charge in [-0.25, -0.2) is 0 Å². The summed E-state index contributed by atoms with van der Waals surface area (Å²) in [6.45, 7) is 15.8. The highest BCUT2D eigenvalue weighted by Gasteiger charge is 2.40. The molecule has 7 heteroatoms. The standard InChI is InChI=1S/C29H40Cl2N4O/c1-20-16-33(17-21(2)32-20)19-27(36)35-15-14-34(18-26(35)29(3,4)5)28(22-6-10-24(30)11-7-22)23-8-12-25(31)13-9-23/h6-13,20-21,26,28,32H,14-19H2,1-5H3/t20-,21+,26-/m1/s1. The van der Waals surface area contributed by atoms with Gasteiger partial charge in [0.15, 0.2) is 0 Å². The first-order valence-corrected chi connectivity index (χ1v) is 13.8. The van der Waals surface area contributed by atoms with Crippen LogP contribution in [0, 0.1) is 5.41 Å². The van der Waals surface area contributed by atoms with Crippen molar-refractivity contribution in [3.63, 3.8) is 0 Å². The lowest BCUT2D eigenvalue weighted by Gasteiger charge is -2.50. The molecule has 0 aromatic heterocycles. The predicted molar refractivity (Wildman–Crippen MR) is 150 cm³/mol. The lowest BCUT2D eigenvalue weighted by Crippen LogP contribution is -2.62. The molecule has 5 nitrogen and oxygen atoms in total. The molecule has 2 saturated heterocycles. The van der Waals surface area contributed by atoms with Gasteiger partial charge in [-0.2, -0.15) is 0 Å². The highest BCUT2D eigenvalue weighted by Crippen LogP contribution is 2.36. The molecular formula is C29H40Cl2N4O. The molecule has 0 bridgehead atoms. The van der Waals surface area contributed by atoms with Gasteiger partial charge in [-0.3, -0.25) is 14.6 Å². The van der Waals surface area contributed by atoms with Gasteiger partial charge in [-0.1, -0.05) is 68.2 Å². The van der Waals surface area contributed by atoms with Gasteiger partial charge in [0.05, 0.1) is 12.6 Å². The number of nitrogens with one attached hydrogen (secondary N) is 1. The van der Waals surface area contributed by atoms with Gasteiger partial charge in [0.2, 0.25) is 5.91 Å². The van der Waals surface area contributed by atoms with Crippen molar-refractivity contribution in [2.75, 3.05) is 39.3 Å². The van der Waals surface area contributed by atoms with Crippen LogP contribution in [0.1, 0.15) is 51.8 Å². The number of hydrogen-bond donors (Lipinski definition) is 1. The van der Waals surface area contributed by atoms with Crippen LogP contribution in [0.4, 0.5) is 0 Å². The molecule has 0 aliphatic carbocycles. The van der Waals surface area contributed by atoms with E-state index < -0.39 is 0 Å². The molecule has 2 aliphatic rings. The van der Waals surface area contributed by atoms with Gasteiger partial charge in [0.1, 0.15) is 0 Å². The molecule has 1 amide bonds. The second kappa shape index (κ2) is 11.4. The van der Waals surface area contributed by atoms with Crippen LogP contribution in [0.15, 0.2) is 48.5 Å². The smallest absolute Gasteiger partial charge is 0.237 e. The summed E-state index contributed by atoms with van der Waals surface area (Å²) in [5, 5.41) is 5.02. The van der Waals surface area contributed by atoms with Crippen molar-refractivity contribution in [1.29, 1.82) is 0 Å². The SMILES string of the molecule is C[C@@H]1CN(CC(=O)N2CCN(C(c3ccc(Cl)cc3)c3ccc(Cl)cc3)C[C@@H]2C(C)(C)C)C[C@H](C)N1. The summed E-state index contributed by atoms with van der Waals surface area (Å²) in [6.07, 6.45) is 0. The maximum atomic E-state index is 13.6. The molecule has 1 N–H and O–H groups in total. The molecule has 2 fully saturated rings. The molecule has 0 saturated carbocycles. The van der Waals surface area contributed by atoms with Crippen molar-refractivity contribution in [3.05, 3.63) is 69.7 Å². The maximum absolute atomic E-state index is 13.6. The molecule has 4 rings (SSSR count). The number of piperazine rings is 2. The van der Waals surface area contributed by atoms with Crippen LogP contribution < -0.4 is 5.32 Å². The Morgan fingerprint density at radius 2 is 1.39 bits per heavy atom. The highest BCUT2D eigenvalue weighted by molar-refractivity contribution is 6.30. The molecule has 3 atom stereocenters. The number of carbonyl (C=O) groups is 1. The predicted octanol–water partition coefficient (Wildman–Crippen LogP) is 5.32. The number of nitrogens with zero attached hydrogens (tertiary/aromatic N) is 3. The van der Waals surface area contributed by atoms with Crippen LogP contribution in [0.25, 0.3) is 0 Å². The van der Waals surface area contributed by atoms with E-state index in [1.54, 1.807) is 0 Å². The molecule has 196 valence electrons. The third-order valence-electron chi connectivity index (χ3n) is 7.46. The van der Waals surface area contributed by atoms with E-state index in [-0.39, 0.29) is 23.4 Å². The number of benzene rings is 2. The van der Waals surface area contributed by atoms with Crippen LogP contribution in [-0.2, 0) is 4.79 Å². The van der Waals surface area contributed by atoms with Crippen molar-refractivity contribution in [2.45, 2.75) is 58.8 Å². The Morgan fingerprint density at radius 1 is 0.889 bits per heavy atom. The van der Waals surface area contributed by atoms with E-state index in [0.29, 0.717) is 18.6 Å². The van der Waals surface area contributed by atoms with Gasteiger partial charge in [-0.15, -0.1) is 0 Å². The van der Waals surface area contributed by atoms with Crippen LogP contribution in [-0.4, -0.2) is 78.0 Å². The zero-order chi connectivity index (χ0) is 26.0. The van der Waals surface area contributed by atoms with E-state index >= 15 is 0 Å². The Balaban J connectivity index is 1.57. The van der Waals surface area contributed by atoms with Gasteiger partial charge >= 0.3 is 0 Å². The van der Waals surface area contributed by atoms with E-state index in [4.69, 9.17) is 23.2 Å². The van der Waals surface area contributed by atoms with E-state index in [0.717, 1.165) is 42.8 Å². The fourth-order valence-corrected chi connectivity index (χ4v) is 6.09. The van der Waals surface area contributed by atoms with E-state index in [9.17, 15) is 4.79 Å². The van der Waals surface area contributed by atoms with E-state index in [2.05, 4.69) is 78.9 Å². The molecular weight excluding hydrogens is 491 g/mol. The van der Waals surface area contributed by atoms with Gasteiger partial charge in [0, 0.05) is 60.9 Å². The Labute approximate surface area is 226 Å². The largest absolute Gasteiger partial charge is 0.336 e. The summed E-state index contributed by atoms with van der Waals surface area (Å²) in [5.41, 5.74) is 2.33. The second-order valence-corrected chi connectivity index (χ2v) is 12.5. The second-order valence-electron chi connectivity index (χ2n) is 11.6. The molecule has 0 unspecified atom stereocenters. The molecule has 0 spiro atoms. The number of carbonyl (C=O) groups excluding carboxylic acids is 1. The number of hydrogen-bond acceptors (Lipinski definition) is 4. The van der Waals surface area contributed by atoms with E-state index in [1.807, 2.05) is 24.3 Å². The summed E-state index contributed by atoms with van der Waals surface area (Å²) in [7, 11) is 0. The topological polar surface area (TPSA) is 38.8 Å². The number of amides is 1. The Hall–Kier alpha value is -1.63. The summed E-state index contributed by atoms with van der Waals surface area (Å²) in [5.74, 6) is 0.241. The number of halogens is 2. The monoisotopic (exact) mass is 530 g/mol. The fourth-order valence-electron chi connectivity index (χ4n) is 5.83. The third-order valence-corrected chi connectivity index (χ3v) is 7.96. The quantitative estimate of drug-likeness (QED) is 0.567. The third kappa shape index (κ3) is 6.62. The van der Waals surface area contributed by atoms with Crippen LogP contribution >= 0.6 is 23.2 Å². The van der Waals surface area contributed by atoms with Crippen LogP contribution in [0.3, 0.4) is 0 Å². The Kier molecular flexibility index (Phi) is 8.68. The van der Waals surface area contributed by atoms with Crippen molar-refractivity contribution in [1.82, 2.24) is 20.0 Å². The molecule has 2 aliphatic heterocycles. The normalized spacial score (nSPS) is 24.3.